The van der Waals surface area contributed by atoms with Gasteiger partial charge in [-0.3, -0.25) is 0 Å². The Balaban J connectivity index is 2.00. The van der Waals surface area contributed by atoms with Crippen molar-refractivity contribution in [1.29, 1.82) is 0 Å². The Labute approximate surface area is 109 Å². The number of nitrogens with zero attached hydrogens (tertiary/aromatic N) is 1. The van der Waals surface area contributed by atoms with Gasteiger partial charge in [-0.2, -0.15) is 11.8 Å². The van der Waals surface area contributed by atoms with E-state index in [2.05, 4.69) is 16.6 Å². The van der Waals surface area contributed by atoms with Crippen molar-refractivity contribution in [3.63, 3.8) is 0 Å². The summed E-state index contributed by atoms with van der Waals surface area (Å²) in [4.78, 5) is 15.8. The molecular weight excluding hydrogens is 256 g/mol. The third-order valence-corrected chi connectivity index (χ3v) is 5.04. The van der Waals surface area contributed by atoms with Crippen LogP contribution < -0.4 is 5.32 Å². The highest BCUT2D eigenvalue weighted by atomic mass is 32.2. The van der Waals surface area contributed by atoms with E-state index >= 15 is 0 Å². The van der Waals surface area contributed by atoms with E-state index in [0.717, 1.165) is 28.1 Å². The number of thioether (sulfide) groups is 1. The maximum Gasteiger partial charge on any atom is 0.355 e. The third kappa shape index (κ3) is 2.93. The maximum absolute atomic E-state index is 10.9. The summed E-state index contributed by atoms with van der Waals surface area (Å²) >= 11 is 3.34. The van der Waals surface area contributed by atoms with Gasteiger partial charge in [0.05, 0.1) is 0 Å². The van der Waals surface area contributed by atoms with Gasteiger partial charge in [0.25, 0.3) is 0 Å². The number of nitrogens with one attached hydrogen (secondary N) is 1. The van der Waals surface area contributed by atoms with Crippen molar-refractivity contribution >= 4 is 34.2 Å². The Hall–Kier alpha value is -0.750. The monoisotopic (exact) mass is 272 g/mol. The van der Waals surface area contributed by atoms with Crippen molar-refractivity contribution in [3.05, 3.63) is 10.6 Å². The molecule has 94 valence electrons. The topological polar surface area (TPSA) is 62.2 Å². The number of carbonyl (C=O) groups is 1. The van der Waals surface area contributed by atoms with E-state index in [1.54, 1.807) is 6.92 Å². The van der Waals surface area contributed by atoms with Crippen molar-refractivity contribution < 1.29 is 9.90 Å². The molecule has 0 aliphatic heterocycles. The number of aromatic carboxylic acids is 1. The van der Waals surface area contributed by atoms with Crippen LogP contribution in [0.15, 0.2) is 0 Å². The van der Waals surface area contributed by atoms with Crippen LogP contribution in [-0.2, 0) is 0 Å². The molecule has 1 aliphatic carbocycles. The fraction of sp³-hybridized carbons (Fsp3) is 0.636. The van der Waals surface area contributed by atoms with Crippen molar-refractivity contribution in [2.24, 2.45) is 0 Å². The van der Waals surface area contributed by atoms with Crippen LogP contribution in [0.4, 0.5) is 5.13 Å². The second-order valence-corrected chi connectivity index (χ2v) is 6.58. The molecule has 2 N–H and O–H groups in total. The Kier molecular flexibility index (Phi) is 3.93. The van der Waals surface area contributed by atoms with E-state index in [1.807, 2.05) is 11.8 Å². The second-order valence-electron chi connectivity index (χ2n) is 4.24. The smallest absolute Gasteiger partial charge is 0.355 e. The van der Waals surface area contributed by atoms with Crippen LogP contribution in [-0.4, -0.2) is 33.6 Å². The largest absolute Gasteiger partial charge is 0.476 e. The predicted molar refractivity (Wildman–Crippen MR) is 72.4 cm³/mol. The van der Waals surface area contributed by atoms with E-state index in [9.17, 15) is 4.79 Å². The fourth-order valence-electron chi connectivity index (χ4n) is 2.12. The highest BCUT2D eigenvalue weighted by Gasteiger charge is 2.25. The average Bonchev–Trinajstić information content (AvgIpc) is 2.85. The van der Waals surface area contributed by atoms with Gasteiger partial charge in [0.2, 0.25) is 0 Å². The Morgan fingerprint density at radius 3 is 2.88 bits per heavy atom. The summed E-state index contributed by atoms with van der Waals surface area (Å²) in [7, 11) is 0. The van der Waals surface area contributed by atoms with Crippen LogP contribution in [0.1, 0.15) is 34.6 Å². The number of anilines is 1. The first-order valence-corrected chi connectivity index (χ1v) is 7.70. The molecule has 4 nitrogen and oxygen atoms in total. The Bertz CT molecular complexity index is 420. The van der Waals surface area contributed by atoms with Gasteiger partial charge in [0.1, 0.15) is 0 Å². The van der Waals surface area contributed by atoms with Gasteiger partial charge in [0.15, 0.2) is 10.8 Å². The zero-order valence-electron chi connectivity index (χ0n) is 9.90. The molecule has 1 fully saturated rings. The minimum atomic E-state index is -0.944. The summed E-state index contributed by atoms with van der Waals surface area (Å²) in [6.45, 7) is 1.80. The first kappa shape index (κ1) is 12.7. The van der Waals surface area contributed by atoms with E-state index in [1.165, 1.54) is 17.8 Å². The molecule has 1 aliphatic rings. The molecule has 0 bridgehead atoms. The summed E-state index contributed by atoms with van der Waals surface area (Å²) < 4.78 is 0. The summed E-state index contributed by atoms with van der Waals surface area (Å²) in [5, 5.41) is 13.8. The summed E-state index contributed by atoms with van der Waals surface area (Å²) in [6.07, 6.45) is 5.66. The zero-order chi connectivity index (χ0) is 12.4. The van der Waals surface area contributed by atoms with Crippen molar-refractivity contribution in [3.8, 4) is 0 Å². The van der Waals surface area contributed by atoms with Gasteiger partial charge in [0, 0.05) is 16.2 Å². The van der Waals surface area contributed by atoms with Gasteiger partial charge in [-0.05, 0) is 32.4 Å². The molecule has 17 heavy (non-hydrogen) atoms. The molecule has 1 aromatic heterocycles. The summed E-state index contributed by atoms with van der Waals surface area (Å²) in [6, 6.07) is 0.444. The lowest BCUT2D eigenvalue weighted by molar-refractivity contribution is 0.0690. The molecule has 2 atom stereocenters. The predicted octanol–water partition coefficient (Wildman–Crippen LogP) is 2.85. The SMILES string of the molecule is CSC1CCC(Nc2nc(C(=O)O)c(C)s2)C1. The molecule has 0 saturated heterocycles. The number of carboxylic acids is 1. The minimum Gasteiger partial charge on any atom is -0.476 e. The molecule has 2 unspecified atom stereocenters. The first-order valence-electron chi connectivity index (χ1n) is 5.60. The number of aryl methyl sites for hydroxylation is 1. The van der Waals surface area contributed by atoms with E-state index < -0.39 is 5.97 Å². The normalized spacial score (nSPS) is 23.9. The summed E-state index contributed by atoms with van der Waals surface area (Å²) in [5.74, 6) is -0.944. The highest BCUT2D eigenvalue weighted by Crippen LogP contribution is 2.31. The fourth-order valence-corrected chi connectivity index (χ4v) is 3.80. The molecule has 1 saturated carbocycles. The van der Waals surface area contributed by atoms with Crippen LogP contribution in [0.25, 0.3) is 0 Å². The number of thiazole rings is 1. The van der Waals surface area contributed by atoms with Crippen molar-refractivity contribution in [1.82, 2.24) is 4.98 Å². The molecule has 0 spiro atoms. The van der Waals surface area contributed by atoms with Gasteiger partial charge in [-0.15, -0.1) is 11.3 Å². The van der Waals surface area contributed by atoms with Gasteiger partial charge in [-0.1, -0.05) is 0 Å². The molecular formula is C11H16N2O2S2. The number of aromatic nitrogens is 1. The summed E-state index contributed by atoms with van der Waals surface area (Å²) in [5.41, 5.74) is 0.178. The molecule has 2 rings (SSSR count). The average molecular weight is 272 g/mol. The van der Waals surface area contributed by atoms with Crippen LogP contribution in [0.5, 0.6) is 0 Å². The molecule has 6 heteroatoms. The molecule has 0 amide bonds. The number of carboxylic acid groups (broad SMARTS) is 1. The van der Waals surface area contributed by atoms with E-state index in [0.29, 0.717) is 6.04 Å². The highest BCUT2D eigenvalue weighted by molar-refractivity contribution is 7.99. The third-order valence-electron chi connectivity index (χ3n) is 3.04. The number of rotatable bonds is 4. The Morgan fingerprint density at radius 1 is 1.59 bits per heavy atom. The van der Waals surface area contributed by atoms with Crippen LogP contribution in [0.2, 0.25) is 0 Å². The van der Waals surface area contributed by atoms with Crippen LogP contribution in [0.3, 0.4) is 0 Å². The lowest BCUT2D eigenvalue weighted by Gasteiger charge is -2.10. The molecule has 0 radical (unpaired) electrons. The standard InChI is InChI=1S/C11H16N2O2S2/c1-6-9(10(14)15)13-11(17-6)12-7-3-4-8(5-7)16-2/h7-8H,3-5H2,1-2H3,(H,12,13)(H,14,15). The lowest BCUT2D eigenvalue weighted by Crippen LogP contribution is -2.15. The second kappa shape index (κ2) is 5.27. The van der Waals surface area contributed by atoms with Crippen LogP contribution in [0, 0.1) is 6.92 Å². The van der Waals surface area contributed by atoms with Gasteiger partial charge >= 0.3 is 5.97 Å². The first-order chi connectivity index (χ1) is 8.10. The van der Waals surface area contributed by atoms with Gasteiger partial charge in [-0.25, -0.2) is 9.78 Å². The van der Waals surface area contributed by atoms with E-state index in [4.69, 9.17) is 5.11 Å². The quantitative estimate of drug-likeness (QED) is 0.882. The minimum absolute atomic E-state index is 0.178. The van der Waals surface area contributed by atoms with Gasteiger partial charge < -0.3 is 10.4 Å². The molecule has 1 heterocycles. The number of hydrogen-bond acceptors (Lipinski definition) is 5. The van der Waals surface area contributed by atoms with E-state index in [-0.39, 0.29) is 5.69 Å². The zero-order valence-corrected chi connectivity index (χ0v) is 11.5. The van der Waals surface area contributed by atoms with Crippen molar-refractivity contribution in [2.45, 2.75) is 37.5 Å². The molecule has 0 aromatic carbocycles. The maximum atomic E-state index is 10.9. The molecule has 1 aromatic rings. The lowest BCUT2D eigenvalue weighted by atomic mass is 10.3. The van der Waals surface area contributed by atoms with Crippen LogP contribution >= 0.6 is 23.1 Å². The van der Waals surface area contributed by atoms with Crippen molar-refractivity contribution in [2.75, 3.05) is 11.6 Å². The Morgan fingerprint density at radius 2 is 2.35 bits per heavy atom. The number of hydrogen-bond donors (Lipinski definition) is 2.